The molecule has 0 saturated carbocycles. The number of benzene rings is 2. The zero-order chi connectivity index (χ0) is 23.3. The van der Waals surface area contributed by atoms with E-state index in [-0.39, 0.29) is 4.90 Å². The highest BCUT2D eigenvalue weighted by Crippen LogP contribution is 2.30. The van der Waals surface area contributed by atoms with Crippen LogP contribution in [-0.4, -0.2) is 36.8 Å². The molecule has 3 aromatic rings. The van der Waals surface area contributed by atoms with Crippen molar-refractivity contribution in [2.24, 2.45) is 5.92 Å². The molecule has 1 amide bonds. The van der Waals surface area contributed by atoms with Gasteiger partial charge in [-0.15, -0.1) is 10.2 Å². The molecule has 2 aromatic carbocycles. The highest BCUT2D eigenvalue weighted by molar-refractivity contribution is 8.01. The number of hydrogen-bond acceptors (Lipinski definition) is 7. The van der Waals surface area contributed by atoms with Crippen LogP contribution in [0.1, 0.15) is 19.4 Å². The molecular weight excluding hydrogens is 488 g/mol. The van der Waals surface area contributed by atoms with Gasteiger partial charge in [0.2, 0.25) is 11.0 Å². The Hall–Kier alpha value is -2.14. The Bertz CT molecular complexity index is 1180. The molecule has 0 saturated heterocycles. The Morgan fingerprint density at radius 3 is 2.59 bits per heavy atom. The van der Waals surface area contributed by atoms with Crippen molar-refractivity contribution in [2.75, 3.05) is 21.9 Å². The fraction of sp³-hybridized carbons (Fsp3) is 0.286. The third kappa shape index (κ3) is 6.22. The molecule has 170 valence electrons. The molecule has 0 aliphatic rings. The van der Waals surface area contributed by atoms with E-state index in [9.17, 15) is 13.2 Å². The van der Waals surface area contributed by atoms with E-state index in [1.807, 2.05) is 0 Å². The van der Waals surface area contributed by atoms with Gasteiger partial charge in [-0.3, -0.25) is 14.4 Å². The van der Waals surface area contributed by atoms with E-state index in [2.05, 4.69) is 29.4 Å². The Morgan fingerprint density at radius 1 is 1.19 bits per heavy atom. The van der Waals surface area contributed by atoms with Gasteiger partial charge < -0.3 is 0 Å². The topological polar surface area (TPSA) is 92.3 Å². The molecule has 0 aliphatic heterocycles. The van der Waals surface area contributed by atoms with Crippen LogP contribution in [0.25, 0.3) is 0 Å². The number of amides is 1. The number of nitrogens with one attached hydrogen (secondary N) is 1. The fourth-order valence-electron chi connectivity index (χ4n) is 2.72. The van der Waals surface area contributed by atoms with Crippen molar-refractivity contribution in [1.29, 1.82) is 0 Å². The molecule has 32 heavy (non-hydrogen) atoms. The van der Waals surface area contributed by atoms with Gasteiger partial charge in [0.05, 0.1) is 10.6 Å². The molecule has 11 heteroatoms. The minimum absolute atomic E-state index is 0.0791. The number of aryl methyl sites for hydroxylation is 1. The van der Waals surface area contributed by atoms with Crippen LogP contribution in [0.2, 0.25) is 5.02 Å². The van der Waals surface area contributed by atoms with Crippen LogP contribution in [0.15, 0.2) is 57.8 Å². The van der Waals surface area contributed by atoms with Gasteiger partial charge >= 0.3 is 0 Å². The van der Waals surface area contributed by atoms with E-state index in [4.69, 9.17) is 11.6 Å². The van der Waals surface area contributed by atoms with E-state index < -0.39 is 22.5 Å². The first-order valence-electron chi connectivity index (χ1n) is 9.77. The van der Waals surface area contributed by atoms with E-state index in [1.54, 1.807) is 49.0 Å². The molecule has 0 aliphatic carbocycles. The quantitative estimate of drug-likeness (QED) is 0.318. The monoisotopic (exact) mass is 510 g/mol. The van der Waals surface area contributed by atoms with Crippen molar-refractivity contribution < 1.29 is 13.2 Å². The van der Waals surface area contributed by atoms with Crippen LogP contribution < -0.4 is 9.62 Å². The Balaban J connectivity index is 1.86. The number of carbonyl (C=O) groups is 1. The van der Waals surface area contributed by atoms with Gasteiger partial charge in [0.15, 0.2) is 4.34 Å². The fourth-order valence-corrected chi connectivity index (χ4v) is 6.13. The van der Waals surface area contributed by atoms with E-state index in [1.165, 1.54) is 29.5 Å². The molecule has 7 nitrogen and oxygen atoms in total. The average molecular weight is 511 g/mol. The lowest BCUT2D eigenvalue weighted by Crippen LogP contribution is -2.38. The van der Waals surface area contributed by atoms with Crippen molar-refractivity contribution >= 4 is 61.4 Å². The highest BCUT2D eigenvalue weighted by Gasteiger charge is 2.28. The van der Waals surface area contributed by atoms with Crippen LogP contribution in [0.5, 0.6) is 0 Å². The average Bonchev–Trinajstić information content (AvgIpc) is 3.20. The van der Waals surface area contributed by atoms with Crippen LogP contribution in [-0.2, 0) is 14.8 Å². The van der Waals surface area contributed by atoms with Crippen molar-refractivity contribution in [3.8, 4) is 0 Å². The van der Waals surface area contributed by atoms with Gasteiger partial charge in [0, 0.05) is 10.8 Å². The zero-order valence-electron chi connectivity index (χ0n) is 17.8. The number of aromatic nitrogens is 2. The predicted octanol–water partition coefficient (Wildman–Crippen LogP) is 5.08. The lowest BCUT2D eigenvalue weighted by molar-refractivity contribution is -0.114. The first kappa shape index (κ1) is 24.5. The Morgan fingerprint density at radius 2 is 1.91 bits per heavy atom. The molecule has 1 heterocycles. The number of carbonyl (C=O) groups excluding carboxylic acids is 1. The maximum Gasteiger partial charge on any atom is 0.264 e. The van der Waals surface area contributed by atoms with E-state index in [0.717, 1.165) is 14.4 Å². The summed E-state index contributed by atoms with van der Waals surface area (Å²) in [4.78, 5) is 12.9. The smallest absolute Gasteiger partial charge is 0.264 e. The van der Waals surface area contributed by atoms with E-state index in [0.29, 0.717) is 27.3 Å². The second kappa shape index (κ2) is 10.7. The summed E-state index contributed by atoms with van der Waals surface area (Å²) in [5, 5.41) is 11.4. The van der Waals surface area contributed by atoms with Crippen LogP contribution in [0.4, 0.5) is 10.8 Å². The van der Waals surface area contributed by atoms with Crippen LogP contribution in [0.3, 0.4) is 0 Å². The first-order chi connectivity index (χ1) is 15.2. The maximum atomic E-state index is 13.4. The summed E-state index contributed by atoms with van der Waals surface area (Å²) in [5.74, 6) is 0.861. The number of hydrogen-bond donors (Lipinski definition) is 1. The van der Waals surface area contributed by atoms with Gasteiger partial charge in [0.1, 0.15) is 6.54 Å². The number of sulfonamides is 1. The molecular formula is C21H23ClN4O3S3. The van der Waals surface area contributed by atoms with Crippen molar-refractivity contribution in [1.82, 2.24) is 10.2 Å². The van der Waals surface area contributed by atoms with Crippen molar-refractivity contribution in [3.05, 3.63) is 59.1 Å². The van der Waals surface area contributed by atoms with Crippen molar-refractivity contribution in [2.45, 2.75) is 30.0 Å². The molecule has 0 unspecified atom stereocenters. The molecule has 0 bridgehead atoms. The minimum Gasteiger partial charge on any atom is -0.299 e. The van der Waals surface area contributed by atoms with Gasteiger partial charge in [-0.05, 0) is 42.7 Å². The normalized spacial score (nSPS) is 11.5. The number of nitrogens with zero attached hydrogens (tertiary/aromatic N) is 3. The summed E-state index contributed by atoms with van der Waals surface area (Å²) < 4.78 is 28.6. The lowest BCUT2D eigenvalue weighted by atomic mass is 10.2. The predicted molar refractivity (Wildman–Crippen MR) is 131 cm³/mol. The maximum absolute atomic E-state index is 13.4. The second-order valence-electron chi connectivity index (χ2n) is 7.38. The number of thioether (sulfide) groups is 1. The SMILES string of the molecule is Cc1ccc(Cl)cc1N(CC(=O)Nc1nnc(SCC(C)C)s1)S(=O)(=O)c1ccccc1. The molecule has 1 aromatic heterocycles. The lowest BCUT2D eigenvalue weighted by Gasteiger charge is -2.25. The van der Waals surface area contributed by atoms with E-state index >= 15 is 0 Å². The van der Waals surface area contributed by atoms with Gasteiger partial charge in [-0.25, -0.2) is 8.42 Å². The summed E-state index contributed by atoms with van der Waals surface area (Å²) in [6.45, 7) is 5.54. The Kier molecular flexibility index (Phi) is 8.16. The third-order valence-corrected chi connectivity index (χ3v) is 8.66. The summed E-state index contributed by atoms with van der Waals surface area (Å²) in [6.07, 6.45) is 0. The third-order valence-electron chi connectivity index (χ3n) is 4.25. The van der Waals surface area contributed by atoms with Crippen LogP contribution in [0, 0.1) is 12.8 Å². The first-order valence-corrected chi connectivity index (χ1v) is 13.4. The summed E-state index contributed by atoms with van der Waals surface area (Å²) in [6, 6.07) is 12.9. The molecule has 0 radical (unpaired) electrons. The number of rotatable bonds is 9. The minimum atomic E-state index is -4.02. The summed E-state index contributed by atoms with van der Waals surface area (Å²) >= 11 is 8.96. The molecule has 0 atom stereocenters. The Labute approximate surface area is 201 Å². The molecule has 0 spiro atoms. The molecule has 3 rings (SSSR count). The summed E-state index contributed by atoms with van der Waals surface area (Å²) in [5.41, 5.74) is 1.01. The molecule has 1 N–H and O–H groups in total. The summed E-state index contributed by atoms with van der Waals surface area (Å²) in [7, 11) is -4.02. The van der Waals surface area contributed by atoms with Crippen LogP contribution >= 0.6 is 34.7 Å². The zero-order valence-corrected chi connectivity index (χ0v) is 21.0. The highest BCUT2D eigenvalue weighted by atomic mass is 35.5. The van der Waals surface area contributed by atoms with Gasteiger partial charge in [-0.1, -0.05) is 72.8 Å². The number of anilines is 2. The van der Waals surface area contributed by atoms with Gasteiger partial charge in [-0.2, -0.15) is 0 Å². The number of halogens is 1. The van der Waals surface area contributed by atoms with Gasteiger partial charge in [0.25, 0.3) is 10.0 Å². The second-order valence-corrected chi connectivity index (χ2v) is 11.9. The standard InChI is InChI=1S/C21H23ClN4O3S3/c1-14(2)13-30-21-25-24-20(31-21)23-19(27)12-26(18-11-16(22)10-9-15(18)3)32(28,29)17-7-5-4-6-8-17/h4-11,14H,12-13H2,1-3H3,(H,23,24,27). The largest absolute Gasteiger partial charge is 0.299 e. The van der Waals surface area contributed by atoms with Crippen molar-refractivity contribution in [3.63, 3.8) is 0 Å². The molecule has 0 fully saturated rings.